The number of hydrogen-bond donors (Lipinski definition) is 2. The van der Waals surface area contributed by atoms with Crippen LogP contribution in [0.25, 0.3) is 0 Å². The van der Waals surface area contributed by atoms with E-state index in [-0.39, 0.29) is 41.7 Å². The first-order valence-corrected chi connectivity index (χ1v) is 10.9. The molecular weight excluding hydrogens is 507 g/mol. The summed E-state index contributed by atoms with van der Waals surface area (Å²) in [5.41, 5.74) is 1.16. The molecule has 8 heteroatoms. The van der Waals surface area contributed by atoms with Gasteiger partial charge >= 0.3 is 0 Å². The van der Waals surface area contributed by atoms with Gasteiger partial charge in [0, 0.05) is 31.7 Å². The third kappa shape index (κ3) is 8.65. The van der Waals surface area contributed by atoms with Gasteiger partial charge in [-0.05, 0) is 58.7 Å². The maximum absolute atomic E-state index is 5.88. The van der Waals surface area contributed by atoms with E-state index >= 15 is 0 Å². The van der Waals surface area contributed by atoms with E-state index in [1.54, 1.807) is 14.2 Å². The summed E-state index contributed by atoms with van der Waals surface area (Å²) in [6.45, 7) is 15.1. The molecule has 0 aromatic heterocycles. The molecule has 178 valence electrons. The highest BCUT2D eigenvalue weighted by Gasteiger charge is 2.33. The van der Waals surface area contributed by atoms with Crippen LogP contribution in [0.3, 0.4) is 0 Å². The van der Waals surface area contributed by atoms with E-state index in [1.807, 2.05) is 12.1 Å². The molecule has 1 aromatic carbocycles. The van der Waals surface area contributed by atoms with Crippen molar-refractivity contribution in [2.24, 2.45) is 4.99 Å². The number of benzene rings is 1. The lowest BCUT2D eigenvalue weighted by Gasteiger charge is -2.44. The second kappa shape index (κ2) is 13.3. The Morgan fingerprint density at radius 3 is 2.35 bits per heavy atom. The van der Waals surface area contributed by atoms with E-state index in [0.717, 1.165) is 56.6 Å². The molecule has 2 unspecified atom stereocenters. The van der Waals surface area contributed by atoms with Crippen LogP contribution in [0.15, 0.2) is 23.2 Å². The molecule has 1 fully saturated rings. The monoisotopic (exact) mass is 548 g/mol. The van der Waals surface area contributed by atoms with Gasteiger partial charge in [-0.2, -0.15) is 0 Å². The number of hydrogen-bond acceptors (Lipinski definition) is 5. The van der Waals surface area contributed by atoms with Gasteiger partial charge in [0.15, 0.2) is 17.5 Å². The molecule has 0 radical (unpaired) electrons. The molecule has 2 atom stereocenters. The minimum Gasteiger partial charge on any atom is -0.493 e. The average molecular weight is 549 g/mol. The number of halogens is 1. The highest BCUT2D eigenvalue weighted by Crippen LogP contribution is 2.27. The predicted octanol–water partition coefficient (Wildman–Crippen LogP) is 3.31. The molecule has 0 bridgehead atoms. The molecular formula is C23H41IN4O3. The van der Waals surface area contributed by atoms with Crippen molar-refractivity contribution in [3.8, 4) is 11.5 Å². The first kappa shape index (κ1) is 27.8. The molecule has 1 heterocycles. The lowest BCUT2D eigenvalue weighted by atomic mass is 10.0. The van der Waals surface area contributed by atoms with Crippen molar-refractivity contribution in [2.45, 2.75) is 58.8 Å². The average Bonchev–Trinajstić information content (AvgIpc) is 2.71. The molecule has 2 rings (SSSR count). The largest absolute Gasteiger partial charge is 0.493 e. The molecule has 2 N–H and O–H groups in total. The molecule has 1 aliphatic heterocycles. The van der Waals surface area contributed by atoms with Crippen molar-refractivity contribution in [3.05, 3.63) is 23.8 Å². The number of ether oxygens (including phenoxy) is 3. The van der Waals surface area contributed by atoms with Gasteiger partial charge in [0.05, 0.1) is 33.0 Å². The fourth-order valence-electron chi connectivity index (χ4n) is 3.75. The van der Waals surface area contributed by atoms with Crippen molar-refractivity contribution < 1.29 is 14.2 Å². The normalized spacial score (nSPS) is 20.0. The van der Waals surface area contributed by atoms with Crippen LogP contribution >= 0.6 is 24.0 Å². The minimum absolute atomic E-state index is 0. The van der Waals surface area contributed by atoms with E-state index < -0.39 is 0 Å². The van der Waals surface area contributed by atoms with Gasteiger partial charge in [0.1, 0.15) is 0 Å². The third-order valence-electron chi connectivity index (χ3n) is 5.40. The minimum atomic E-state index is -0.0298. The van der Waals surface area contributed by atoms with Crippen LogP contribution < -0.4 is 20.1 Å². The molecule has 31 heavy (non-hydrogen) atoms. The fourth-order valence-corrected chi connectivity index (χ4v) is 3.75. The van der Waals surface area contributed by atoms with Gasteiger partial charge < -0.3 is 24.8 Å². The smallest absolute Gasteiger partial charge is 0.191 e. The number of rotatable bonds is 9. The quantitative estimate of drug-likeness (QED) is 0.281. The summed E-state index contributed by atoms with van der Waals surface area (Å²) < 4.78 is 16.6. The summed E-state index contributed by atoms with van der Waals surface area (Å²) in [6.07, 6.45) is 1.38. The Morgan fingerprint density at radius 2 is 1.77 bits per heavy atom. The number of nitrogens with one attached hydrogen (secondary N) is 2. The highest BCUT2D eigenvalue weighted by molar-refractivity contribution is 14.0. The zero-order valence-electron chi connectivity index (χ0n) is 20.2. The van der Waals surface area contributed by atoms with Gasteiger partial charge in [0.2, 0.25) is 0 Å². The molecule has 0 aliphatic carbocycles. The highest BCUT2D eigenvalue weighted by atomic mass is 127. The van der Waals surface area contributed by atoms with Crippen LogP contribution in [0.4, 0.5) is 0 Å². The summed E-state index contributed by atoms with van der Waals surface area (Å²) in [5, 5.41) is 6.81. The van der Waals surface area contributed by atoms with Crippen LogP contribution in [-0.2, 0) is 11.2 Å². The van der Waals surface area contributed by atoms with Gasteiger partial charge in [-0.1, -0.05) is 6.07 Å². The molecule has 0 spiro atoms. The van der Waals surface area contributed by atoms with Gasteiger partial charge in [-0.15, -0.1) is 24.0 Å². The summed E-state index contributed by atoms with van der Waals surface area (Å²) in [4.78, 5) is 7.36. The molecule has 1 saturated heterocycles. The summed E-state index contributed by atoms with van der Waals surface area (Å²) >= 11 is 0. The number of guanidine groups is 1. The standard InChI is InChI=1S/C23H40N4O3.HI/c1-8-24-22(25-12-11-19-9-10-20(28-6)21(13-19)29-7)26-16-23(4,5)27-14-17(2)30-18(3)15-27;/h9-10,13,17-18H,8,11-12,14-16H2,1-7H3,(H2,24,25,26);1H. The van der Waals surface area contributed by atoms with Gasteiger partial charge in [-0.3, -0.25) is 9.89 Å². The van der Waals surface area contributed by atoms with Crippen molar-refractivity contribution in [1.82, 2.24) is 15.5 Å². The Hall–Kier alpha value is -1.26. The topological polar surface area (TPSA) is 67.4 Å². The first-order chi connectivity index (χ1) is 14.3. The second-order valence-corrected chi connectivity index (χ2v) is 8.54. The third-order valence-corrected chi connectivity index (χ3v) is 5.40. The number of aliphatic imine (C=N–C) groups is 1. The Balaban J connectivity index is 0.00000480. The Kier molecular flexibility index (Phi) is 11.9. The van der Waals surface area contributed by atoms with Crippen LogP contribution in [0, 0.1) is 0 Å². The van der Waals surface area contributed by atoms with Crippen molar-refractivity contribution in [2.75, 3.05) is 46.9 Å². The zero-order chi connectivity index (χ0) is 22.1. The Morgan fingerprint density at radius 1 is 1.13 bits per heavy atom. The number of nitrogens with zero attached hydrogens (tertiary/aromatic N) is 2. The second-order valence-electron chi connectivity index (χ2n) is 8.54. The molecule has 1 aliphatic rings. The first-order valence-electron chi connectivity index (χ1n) is 10.9. The van der Waals surface area contributed by atoms with Gasteiger partial charge in [0.25, 0.3) is 0 Å². The SMILES string of the molecule is CCNC(=NCC(C)(C)N1CC(C)OC(C)C1)NCCc1ccc(OC)c(OC)c1.I. The van der Waals surface area contributed by atoms with Crippen molar-refractivity contribution >= 4 is 29.9 Å². The number of morpholine rings is 1. The van der Waals surface area contributed by atoms with E-state index in [4.69, 9.17) is 19.2 Å². The van der Waals surface area contributed by atoms with E-state index in [2.05, 4.69) is 56.2 Å². The summed E-state index contributed by atoms with van der Waals surface area (Å²) in [5.74, 6) is 2.35. The van der Waals surface area contributed by atoms with Crippen LogP contribution in [-0.4, -0.2) is 75.5 Å². The maximum atomic E-state index is 5.88. The van der Waals surface area contributed by atoms with E-state index in [9.17, 15) is 0 Å². The molecule has 1 aromatic rings. The summed E-state index contributed by atoms with van der Waals surface area (Å²) in [7, 11) is 3.31. The van der Waals surface area contributed by atoms with E-state index in [0.29, 0.717) is 0 Å². The zero-order valence-corrected chi connectivity index (χ0v) is 22.5. The molecule has 0 amide bonds. The Bertz CT molecular complexity index is 689. The predicted molar refractivity (Wildman–Crippen MR) is 138 cm³/mol. The van der Waals surface area contributed by atoms with Gasteiger partial charge in [-0.25, -0.2) is 0 Å². The van der Waals surface area contributed by atoms with Crippen LogP contribution in [0.1, 0.15) is 40.2 Å². The lowest BCUT2D eigenvalue weighted by Crippen LogP contribution is -2.56. The van der Waals surface area contributed by atoms with Crippen LogP contribution in [0.2, 0.25) is 0 Å². The Labute approximate surface area is 205 Å². The van der Waals surface area contributed by atoms with Crippen LogP contribution in [0.5, 0.6) is 11.5 Å². The van der Waals surface area contributed by atoms with Crippen molar-refractivity contribution in [3.63, 3.8) is 0 Å². The van der Waals surface area contributed by atoms with Crippen molar-refractivity contribution in [1.29, 1.82) is 0 Å². The maximum Gasteiger partial charge on any atom is 0.191 e. The number of methoxy groups -OCH3 is 2. The molecule has 7 nitrogen and oxygen atoms in total. The lowest BCUT2D eigenvalue weighted by molar-refractivity contribution is -0.0939. The molecule has 0 saturated carbocycles. The summed E-state index contributed by atoms with van der Waals surface area (Å²) in [6, 6.07) is 6.03. The van der Waals surface area contributed by atoms with E-state index in [1.165, 1.54) is 5.56 Å². The fraction of sp³-hybridized carbons (Fsp3) is 0.696.